The van der Waals surface area contributed by atoms with Crippen molar-refractivity contribution >= 4 is 22.9 Å². The molecule has 0 bridgehead atoms. The highest BCUT2D eigenvalue weighted by atomic mass is 19.4. The van der Waals surface area contributed by atoms with Crippen LogP contribution < -0.4 is 5.73 Å². The van der Waals surface area contributed by atoms with Crippen LogP contribution >= 0.6 is 0 Å². The van der Waals surface area contributed by atoms with Crippen molar-refractivity contribution < 1.29 is 27.9 Å². The summed E-state index contributed by atoms with van der Waals surface area (Å²) in [6, 6.07) is -0.491. The average Bonchev–Trinajstić information content (AvgIpc) is 2.74. The van der Waals surface area contributed by atoms with Gasteiger partial charge in [0.25, 0.3) is 0 Å². The number of H-pyrrole nitrogens is 1. The van der Waals surface area contributed by atoms with E-state index in [-0.39, 0.29) is 0 Å². The van der Waals surface area contributed by atoms with Gasteiger partial charge in [-0.2, -0.15) is 18.3 Å². The molecule has 0 aliphatic heterocycles. The van der Waals surface area contributed by atoms with Crippen LogP contribution in [0.5, 0.6) is 0 Å². The molecule has 10 heteroatoms. The average molecular weight is 264 g/mol. The van der Waals surface area contributed by atoms with Crippen molar-refractivity contribution in [3.8, 4) is 0 Å². The third kappa shape index (κ3) is 3.23. The van der Waals surface area contributed by atoms with Crippen LogP contribution in [0.4, 0.5) is 18.0 Å². The zero-order chi connectivity index (χ0) is 13.9. The quantitative estimate of drug-likeness (QED) is 0.656. The molecule has 0 unspecified atom stereocenters. The van der Waals surface area contributed by atoms with E-state index in [2.05, 4.69) is 10.2 Å². The number of amides is 1. The van der Waals surface area contributed by atoms with Crippen molar-refractivity contribution in [2.75, 3.05) is 0 Å². The zero-order valence-corrected chi connectivity index (χ0v) is 8.60. The summed E-state index contributed by atoms with van der Waals surface area (Å²) in [5, 5.41) is 14.5. The number of carbonyl (C=O) groups is 2. The Morgan fingerprint density at radius 3 is 2.33 bits per heavy atom. The fourth-order valence-electron chi connectivity index (χ4n) is 0.965. The van der Waals surface area contributed by atoms with Crippen molar-refractivity contribution in [2.45, 2.75) is 6.18 Å². The third-order valence-electron chi connectivity index (χ3n) is 1.74. The predicted molar refractivity (Wildman–Crippen MR) is 52.8 cm³/mol. The molecule has 98 valence electrons. The molecule has 0 aliphatic carbocycles. The number of carboxylic acid groups (broad SMARTS) is 1. The molecular formula is C8H7F3N4O3. The monoisotopic (exact) mass is 264 g/mol. The van der Waals surface area contributed by atoms with E-state index in [4.69, 9.17) is 15.6 Å². The number of aromatic amines is 1. The predicted octanol–water partition coefficient (Wildman–Crippen LogP) is 0.925. The van der Waals surface area contributed by atoms with Crippen molar-refractivity contribution in [1.29, 1.82) is 0 Å². The second kappa shape index (κ2) is 4.77. The summed E-state index contributed by atoms with van der Waals surface area (Å²) in [4.78, 5) is 19.5. The van der Waals surface area contributed by atoms with Gasteiger partial charge in [-0.15, -0.1) is 0 Å². The largest absolute Gasteiger partial charge is 0.490 e. The van der Waals surface area contributed by atoms with Crippen molar-refractivity contribution in [3.05, 3.63) is 18.6 Å². The number of aliphatic carboxylic acids is 1. The summed E-state index contributed by atoms with van der Waals surface area (Å²) in [7, 11) is 0. The molecule has 18 heavy (non-hydrogen) atoms. The maximum atomic E-state index is 10.6. The summed E-state index contributed by atoms with van der Waals surface area (Å²) in [5.74, 6) is -2.76. The second-order valence-electron chi connectivity index (χ2n) is 3.05. The van der Waals surface area contributed by atoms with Crippen LogP contribution in [0, 0.1) is 0 Å². The van der Waals surface area contributed by atoms with E-state index in [1.165, 1.54) is 4.57 Å². The fourth-order valence-corrected chi connectivity index (χ4v) is 0.965. The van der Waals surface area contributed by atoms with Crippen LogP contribution in [0.15, 0.2) is 18.6 Å². The number of primary amides is 1. The van der Waals surface area contributed by atoms with Gasteiger partial charge in [-0.05, 0) is 0 Å². The Bertz CT molecular complexity index is 543. The van der Waals surface area contributed by atoms with E-state index in [1.807, 2.05) is 0 Å². The first-order valence-electron chi connectivity index (χ1n) is 4.33. The van der Waals surface area contributed by atoms with Crippen LogP contribution in [0.25, 0.3) is 10.9 Å². The lowest BCUT2D eigenvalue weighted by atomic mass is 10.4. The molecular weight excluding hydrogens is 257 g/mol. The van der Waals surface area contributed by atoms with Crippen LogP contribution in [-0.2, 0) is 4.79 Å². The maximum absolute atomic E-state index is 10.6. The molecule has 0 aliphatic rings. The highest BCUT2D eigenvalue weighted by Gasteiger charge is 2.38. The Kier molecular flexibility index (Phi) is 3.59. The van der Waals surface area contributed by atoms with Crippen LogP contribution in [-0.4, -0.2) is 38.0 Å². The Hall–Kier alpha value is -2.52. The number of nitrogens with zero attached hydrogens (tertiary/aromatic N) is 2. The van der Waals surface area contributed by atoms with Crippen LogP contribution in [0.3, 0.4) is 0 Å². The molecule has 2 aromatic heterocycles. The summed E-state index contributed by atoms with van der Waals surface area (Å²) < 4.78 is 33.0. The van der Waals surface area contributed by atoms with E-state index >= 15 is 0 Å². The Morgan fingerprint density at radius 2 is 1.94 bits per heavy atom. The van der Waals surface area contributed by atoms with Gasteiger partial charge in [-0.1, -0.05) is 0 Å². The second-order valence-corrected chi connectivity index (χ2v) is 3.05. The number of hydrogen-bond acceptors (Lipinski definition) is 3. The number of carboxylic acids is 1. The minimum Gasteiger partial charge on any atom is -0.475 e. The first kappa shape index (κ1) is 13.5. The number of halogens is 3. The minimum atomic E-state index is -5.08. The highest BCUT2D eigenvalue weighted by Crippen LogP contribution is 2.13. The molecule has 0 saturated heterocycles. The molecule has 2 rings (SSSR count). The molecule has 0 spiro atoms. The number of hydrogen-bond donors (Lipinski definition) is 3. The van der Waals surface area contributed by atoms with Gasteiger partial charge in [0.1, 0.15) is 0 Å². The number of nitrogens with two attached hydrogens (primary N) is 1. The van der Waals surface area contributed by atoms with E-state index in [1.54, 1.807) is 18.6 Å². The van der Waals surface area contributed by atoms with Crippen molar-refractivity contribution in [1.82, 2.24) is 14.8 Å². The molecule has 4 N–H and O–H groups in total. The molecule has 0 radical (unpaired) electrons. The molecule has 0 aromatic carbocycles. The summed E-state index contributed by atoms with van der Waals surface area (Å²) >= 11 is 0. The number of carbonyl (C=O) groups excluding carboxylic acids is 1. The Morgan fingerprint density at radius 1 is 1.39 bits per heavy atom. The fraction of sp³-hybridized carbons (Fsp3) is 0.125. The molecule has 0 atom stereocenters. The zero-order valence-electron chi connectivity index (χ0n) is 8.60. The lowest BCUT2D eigenvalue weighted by Crippen LogP contribution is -2.21. The standard InChI is InChI=1S/C6H6N4O.C2HF3O2/c7-6(11)10-2-4-1-8-9-5(4)3-10;3-2(4,5)1(6)7/h1-3,9H,(H2,7,11);(H,6,7). The van der Waals surface area contributed by atoms with Gasteiger partial charge in [0.05, 0.1) is 11.7 Å². The van der Waals surface area contributed by atoms with Gasteiger partial charge in [-0.25, -0.2) is 9.59 Å². The lowest BCUT2D eigenvalue weighted by Gasteiger charge is -1.93. The smallest absolute Gasteiger partial charge is 0.475 e. The molecule has 0 saturated carbocycles. The first-order chi connectivity index (χ1) is 8.21. The first-order valence-corrected chi connectivity index (χ1v) is 4.33. The normalized spacial score (nSPS) is 10.8. The Labute approximate surface area is 97.0 Å². The summed E-state index contributed by atoms with van der Waals surface area (Å²) in [6.45, 7) is 0. The van der Waals surface area contributed by atoms with E-state index in [0.29, 0.717) is 0 Å². The van der Waals surface area contributed by atoms with E-state index in [9.17, 15) is 18.0 Å². The van der Waals surface area contributed by atoms with E-state index in [0.717, 1.165) is 10.9 Å². The third-order valence-corrected chi connectivity index (χ3v) is 1.74. The molecule has 1 amide bonds. The number of rotatable bonds is 0. The highest BCUT2D eigenvalue weighted by molar-refractivity contribution is 5.85. The number of aromatic nitrogens is 3. The molecule has 0 fully saturated rings. The van der Waals surface area contributed by atoms with Gasteiger partial charge < -0.3 is 10.8 Å². The van der Waals surface area contributed by atoms with Gasteiger partial charge in [0.2, 0.25) is 0 Å². The van der Waals surface area contributed by atoms with Gasteiger partial charge in [0.15, 0.2) is 0 Å². The topological polar surface area (TPSA) is 114 Å². The van der Waals surface area contributed by atoms with Crippen LogP contribution in [0.1, 0.15) is 0 Å². The molecule has 2 heterocycles. The molecule has 2 aromatic rings. The van der Waals surface area contributed by atoms with Crippen LogP contribution in [0.2, 0.25) is 0 Å². The van der Waals surface area contributed by atoms with Gasteiger partial charge in [-0.3, -0.25) is 9.67 Å². The summed E-state index contributed by atoms with van der Waals surface area (Å²) in [5.41, 5.74) is 5.84. The van der Waals surface area contributed by atoms with Gasteiger partial charge in [0, 0.05) is 17.8 Å². The lowest BCUT2D eigenvalue weighted by molar-refractivity contribution is -0.192. The van der Waals surface area contributed by atoms with Crippen molar-refractivity contribution in [3.63, 3.8) is 0 Å². The maximum Gasteiger partial charge on any atom is 0.490 e. The number of fused-ring (bicyclic) bond motifs is 1. The van der Waals surface area contributed by atoms with Crippen molar-refractivity contribution in [2.24, 2.45) is 5.73 Å². The van der Waals surface area contributed by atoms with Gasteiger partial charge >= 0.3 is 18.2 Å². The minimum absolute atomic E-state index is 0.491. The number of nitrogens with one attached hydrogen (secondary N) is 1. The molecule has 7 nitrogen and oxygen atoms in total. The summed E-state index contributed by atoms with van der Waals surface area (Å²) in [6.07, 6.45) is -0.222. The van der Waals surface area contributed by atoms with E-state index < -0.39 is 18.2 Å². The number of alkyl halides is 3. The Balaban J connectivity index is 0.000000203. The SMILES string of the molecule is NC(=O)n1cc2cn[nH]c2c1.O=C(O)C(F)(F)F.